The molecule has 3 aliphatic heterocycles. The van der Waals surface area contributed by atoms with Crippen molar-refractivity contribution in [3.63, 3.8) is 0 Å². The Hall–Kier alpha value is -5.02. The summed E-state index contributed by atoms with van der Waals surface area (Å²) in [5, 5.41) is 0. The van der Waals surface area contributed by atoms with Gasteiger partial charge < -0.3 is 9.71 Å². The Balaban J connectivity index is 1.29. The van der Waals surface area contributed by atoms with Crippen LogP contribution in [-0.2, 0) is 10.8 Å². The van der Waals surface area contributed by atoms with E-state index < -0.39 is 0 Å². The second-order valence-electron chi connectivity index (χ2n) is 16.9. The van der Waals surface area contributed by atoms with Gasteiger partial charge in [-0.2, -0.15) is 0 Å². The molecule has 0 bridgehead atoms. The molecule has 0 N–H and O–H groups in total. The highest BCUT2D eigenvalue weighted by Crippen LogP contribution is 2.62. The van der Waals surface area contributed by atoms with E-state index in [1.807, 2.05) is 0 Å². The molecule has 0 aromatic heterocycles. The Morgan fingerprint density at radius 2 is 1.24 bits per heavy atom. The van der Waals surface area contributed by atoms with Crippen molar-refractivity contribution in [2.75, 3.05) is 9.71 Å². The Labute approximate surface area is 303 Å². The second-order valence-corrected chi connectivity index (χ2v) is 16.9. The van der Waals surface area contributed by atoms with E-state index in [1.165, 1.54) is 98.3 Å². The van der Waals surface area contributed by atoms with Gasteiger partial charge in [0.25, 0.3) is 0 Å². The molecule has 250 valence electrons. The lowest BCUT2D eigenvalue weighted by Gasteiger charge is -2.53. The van der Waals surface area contributed by atoms with Gasteiger partial charge in [0.05, 0.1) is 5.54 Å². The van der Waals surface area contributed by atoms with Gasteiger partial charge in [0.15, 0.2) is 0 Å². The fraction of sp³-hybridized carbons (Fsp3) is 0.250. The summed E-state index contributed by atoms with van der Waals surface area (Å²) < 4.78 is 0. The van der Waals surface area contributed by atoms with Crippen LogP contribution in [0.3, 0.4) is 0 Å². The van der Waals surface area contributed by atoms with Crippen LogP contribution in [0.2, 0.25) is 0 Å². The Bertz CT molecular complexity index is 2340. The quantitative estimate of drug-likeness (QED) is 0.174. The van der Waals surface area contributed by atoms with Gasteiger partial charge in [0.1, 0.15) is 0 Å². The van der Waals surface area contributed by atoms with Crippen molar-refractivity contribution >= 4 is 40.5 Å². The molecule has 0 spiro atoms. The maximum Gasteiger partial charge on any atom is 0.333 e. The van der Waals surface area contributed by atoms with E-state index in [4.69, 9.17) is 0 Å². The van der Waals surface area contributed by atoms with Crippen LogP contribution in [0, 0.1) is 0 Å². The number of anilines is 4. The van der Waals surface area contributed by atoms with Gasteiger partial charge in [0.2, 0.25) is 0 Å². The fourth-order valence-electron chi connectivity index (χ4n) is 10.2. The standard InChI is InChI=1S/C48H45BN2/c1-46(2,3)36-30-39-38-26-23-35(33-17-10-7-11-18-33)29-42(38)51(37-24-21-34(22-25-37)32-15-8-6-9-16-32)49-41-20-14-19-40-45(41)50(43(31-36)44(39)49)48(5)28-13-12-27-47(40,48)4/h6-11,14-26,29-31H,12-13,27-28H2,1-5H3. The van der Waals surface area contributed by atoms with Crippen molar-refractivity contribution < 1.29 is 0 Å². The number of rotatable bonds is 3. The highest BCUT2D eigenvalue weighted by Gasteiger charge is 2.61. The molecule has 3 heterocycles. The van der Waals surface area contributed by atoms with Crippen LogP contribution in [0.1, 0.15) is 71.4 Å². The molecule has 2 unspecified atom stereocenters. The van der Waals surface area contributed by atoms with Crippen molar-refractivity contribution in [3.05, 3.63) is 145 Å². The van der Waals surface area contributed by atoms with Crippen molar-refractivity contribution in [3.8, 4) is 33.4 Å². The first-order valence-electron chi connectivity index (χ1n) is 18.9. The number of fused-ring (bicyclic) bond motifs is 7. The zero-order chi connectivity index (χ0) is 34.7. The first-order chi connectivity index (χ1) is 24.7. The number of nitrogens with zero attached hydrogens (tertiary/aromatic N) is 2. The fourth-order valence-corrected chi connectivity index (χ4v) is 10.2. The highest BCUT2D eigenvalue weighted by atomic mass is 15.3. The summed E-state index contributed by atoms with van der Waals surface area (Å²) in [6.07, 6.45) is 5.01. The van der Waals surface area contributed by atoms with Gasteiger partial charge in [0, 0.05) is 33.7 Å². The smallest absolute Gasteiger partial charge is 0.333 e. The van der Waals surface area contributed by atoms with Crippen molar-refractivity contribution in [2.24, 2.45) is 0 Å². The van der Waals surface area contributed by atoms with Crippen LogP contribution in [0.5, 0.6) is 0 Å². The van der Waals surface area contributed by atoms with E-state index in [2.05, 4.69) is 178 Å². The molecule has 2 nitrogen and oxygen atoms in total. The molecule has 3 heteroatoms. The first kappa shape index (κ1) is 30.8. The average Bonchev–Trinajstić information content (AvgIpc) is 3.37. The minimum absolute atomic E-state index is 0.00582. The number of benzene rings is 6. The van der Waals surface area contributed by atoms with Crippen LogP contribution >= 0.6 is 0 Å². The van der Waals surface area contributed by atoms with Crippen LogP contribution in [0.25, 0.3) is 33.4 Å². The van der Waals surface area contributed by atoms with Gasteiger partial charge in [-0.05, 0) is 99.3 Å². The molecule has 2 atom stereocenters. The Kier molecular flexibility index (Phi) is 6.49. The topological polar surface area (TPSA) is 6.48 Å². The summed E-state index contributed by atoms with van der Waals surface area (Å²) in [7, 11) is 0. The van der Waals surface area contributed by atoms with E-state index in [1.54, 1.807) is 5.56 Å². The minimum atomic E-state index is 0.00582. The molecule has 10 rings (SSSR count). The van der Waals surface area contributed by atoms with Crippen molar-refractivity contribution in [2.45, 2.75) is 76.7 Å². The summed E-state index contributed by atoms with van der Waals surface area (Å²) in [6.45, 7) is 12.3. The van der Waals surface area contributed by atoms with Crippen LogP contribution < -0.4 is 20.6 Å². The lowest BCUT2D eigenvalue weighted by atomic mass is 9.43. The number of hydrogen-bond acceptors (Lipinski definition) is 2. The molecular formula is C48H45BN2. The second kappa shape index (κ2) is 10.7. The van der Waals surface area contributed by atoms with E-state index >= 15 is 0 Å². The summed E-state index contributed by atoms with van der Waals surface area (Å²) in [6, 6.07) is 50.6. The molecule has 51 heavy (non-hydrogen) atoms. The third-order valence-corrected chi connectivity index (χ3v) is 13.2. The third kappa shape index (κ3) is 4.24. The Morgan fingerprint density at radius 1 is 0.588 bits per heavy atom. The lowest BCUT2D eigenvalue weighted by molar-refractivity contribution is 0.195. The summed E-state index contributed by atoms with van der Waals surface area (Å²) >= 11 is 0. The van der Waals surface area contributed by atoms with Gasteiger partial charge in [-0.25, -0.2) is 0 Å². The minimum Gasteiger partial charge on any atom is -0.376 e. The van der Waals surface area contributed by atoms with Gasteiger partial charge in [-0.1, -0.05) is 150 Å². The molecule has 4 aliphatic rings. The van der Waals surface area contributed by atoms with Gasteiger partial charge in [-0.3, -0.25) is 0 Å². The number of para-hydroxylation sites is 1. The van der Waals surface area contributed by atoms with Crippen LogP contribution in [0.4, 0.5) is 22.7 Å². The van der Waals surface area contributed by atoms with E-state index in [0.717, 1.165) is 0 Å². The summed E-state index contributed by atoms with van der Waals surface area (Å²) in [5.41, 5.74) is 19.0. The predicted molar refractivity (Wildman–Crippen MR) is 218 cm³/mol. The van der Waals surface area contributed by atoms with E-state index in [9.17, 15) is 0 Å². The first-order valence-corrected chi connectivity index (χ1v) is 18.9. The molecule has 0 amide bonds. The lowest BCUT2D eigenvalue weighted by Crippen LogP contribution is -2.64. The van der Waals surface area contributed by atoms with Crippen molar-refractivity contribution in [1.82, 2.24) is 0 Å². The Morgan fingerprint density at radius 3 is 1.94 bits per heavy atom. The molecule has 1 fully saturated rings. The average molecular weight is 661 g/mol. The molecular weight excluding hydrogens is 615 g/mol. The molecule has 0 radical (unpaired) electrons. The monoisotopic (exact) mass is 660 g/mol. The SMILES string of the molecule is CC(C)(C)c1cc2c3c(c1)N1c4c(cccc4C4(C)CCCCC14C)B3N(c1ccc(-c3ccccc3)cc1)c1cc(-c3ccccc3)ccc1-2. The normalized spacial score (nSPS) is 21.2. The highest BCUT2D eigenvalue weighted by molar-refractivity contribution is 6.93. The zero-order valence-corrected chi connectivity index (χ0v) is 30.5. The molecule has 1 aliphatic carbocycles. The maximum absolute atomic E-state index is 2.85. The van der Waals surface area contributed by atoms with Gasteiger partial charge in [-0.15, -0.1) is 0 Å². The molecule has 1 saturated carbocycles. The van der Waals surface area contributed by atoms with Crippen LogP contribution in [-0.4, -0.2) is 12.4 Å². The summed E-state index contributed by atoms with van der Waals surface area (Å²) in [4.78, 5) is 5.53. The van der Waals surface area contributed by atoms with Gasteiger partial charge >= 0.3 is 6.85 Å². The summed E-state index contributed by atoms with van der Waals surface area (Å²) in [5.74, 6) is 0. The van der Waals surface area contributed by atoms with Crippen molar-refractivity contribution in [1.29, 1.82) is 0 Å². The number of hydrogen-bond donors (Lipinski definition) is 0. The zero-order valence-electron chi connectivity index (χ0n) is 30.5. The molecule has 0 saturated heterocycles. The molecule has 6 aromatic rings. The maximum atomic E-state index is 2.85. The van der Waals surface area contributed by atoms with E-state index in [0.29, 0.717) is 0 Å². The predicted octanol–water partition coefficient (Wildman–Crippen LogP) is 11.3. The molecule has 6 aromatic carbocycles. The third-order valence-electron chi connectivity index (χ3n) is 13.2. The van der Waals surface area contributed by atoms with Crippen LogP contribution in [0.15, 0.2) is 133 Å². The largest absolute Gasteiger partial charge is 0.376 e. The van der Waals surface area contributed by atoms with E-state index in [-0.39, 0.29) is 23.2 Å².